The van der Waals surface area contributed by atoms with Gasteiger partial charge in [-0.1, -0.05) is 0 Å². The Bertz CT molecular complexity index is 1250. The van der Waals surface area contributed by atoms with E-state index in [-0.39, 0.29) is 42.7 Å². The lowest BCUT2D eigenvalue weighted by Crippen LogP contribution is -2.57. The van der Waals surface area contributed by atoms with Gasteiger partial charge in [0.25, 0.3) is 0 Å². The zero-order valence-electron chi connectivity index (χ0n) is 19.2. The average molecular weight is 487 g/mol. The van der Waals surface area contributed by atoms with Gasteiger partial charge in [-0.15, -0.1) is 0 Å². The van der Waals surface area contributed by atoms with Crippen LogP contribution in [0.25, 0.3) is 22.2 Å². The number of fused-ring (bicyclic) bond motifs is 1. The third-order valence-corrected chi connectivity index (χ3v) is 7.59. The molecule has 6 rings (SSSR count). The zero-order valence-corrected chi connectivity index (χ0v) is 19.2. The number of amides is 1. The van der Waals surface area contributed by atoms with Gasteiger partial charge in [0.15, 0.2) is 0 Å². The van der Waals surface area contributed by atoms with E-state index in [2.05, 4.69) is 4.98 Å². The molecular formula is C27H29F3N2O3. The van der Waals surface area contributed by atoms with E-state index in [0.717, 1.165) is 31.1 Å². The maximum Gasteiger partial charge on any atom is 0.225 e. The molecule has 1 unspecified atom stereocenters. The van der Waals surface area contributed by atoms with E-state index >= 15 is 0 Å². The number of H-pyrrole nitrogens is 1. The zero-order chi connectivity index (χ0) is 24.1. The van der Waals surface area contributed by atoms with E-state index < -0.39 is 11.6 Å². The number of carbonyl (C=O) groups is 1. The van der Waals surface area contributed by atoms with Crippen molar-refractivity contribution >= 4 is 16.8 Å². The normalized spacial score (nSPS) is 24.5. The summed E-state index contributed by atoms with van der Waals surface area (Å²) in [6.45, 7) is 2.57. The van der Waals surface area contributed by atoms with Crippen LogP contribution in [0.5, 0.6) is 0 Å². The van der Waals surface area contributed by atoms with Crippen LogP contribution in [0, 0.1) is 23.4 Å². The second-order valence-electron chi connectivity index (χ2n) is 9.93. The van der Waals surface area contributed by atoms with Crippen molar-refractivity contribution in [2.24, 2.45) is 5.92 Å². The number of carbonyl (C=O) groups excluding carboxylic acids is 1. The molecule has 2 aliphatic heterocycles. The van der Waals surface area contributed by atoms with Gasteiger partial charge in [-0.3, -0.25) is 4.79 Å². The van der Waals surface area contributed by atoms with E-state index in [1.165, 1.54) is 18.2 Å². The molecule has 8 heteroatoms. The van der Waals surface area contributed by atoms with Crippen molar-refractivity contribution in [2.45, 2.75) is 43.8 Å². The van der Waals surface area contributed by atoms with Crippen molar-refractivity contribution in [2.75, 3.05) is 26.3 Å². The Morgan fingerprint density at radius 3 is 2.60 bits per heavy atom. The van der Waals surface area contributed by atoms with Crippen LogP contribution in [-0.4, -0.2) is 54.3 Å². The highest BCUT2D eigenvalue weighted by atomic mass is 19.1. The highest BCUT2D eigenvalue weighted by Crippen LogP contribution is 2.49. The number of benzene rings is 2. The molecule has 186 valence electrons. The fraction of sp³-hybridized carbons (Fsp3) is 0.444. The SMILES string of the molecule is O=C(C1CC(c2c(-c3ccc(F)cc3)[nH]c3c(F)cc(F)cc23)C1)N1CC(OCC2CCCO2)C1.[HH]. The number of halogens is 3. The summed E-state index contributed by atoms with van der Waals surface area (Å²) in [6.07, 6.45) is 3.55. The molecule has 2 saturated heterocycles. The molecule has 0 radical (unpaired) electrons. The van der Waals surface area contributed by atoms with Crippen LogP contribution in [0.3, 0.4) is 0 Å². The van der Waals surface area contributed by atoms with E-state index in [0.29, 0.717) is 49.2 Å². The molecule has 3 aromatic rings. The molecule has 1 N–H and O–H groups in total. The Morgan fingerprint density at radius 1 is 1.11 bits per heavy atom. The van der Waals surface area contributed by atoms with E-state index in [1.807, 2.05) is 4.90 Å². The number of aromatic nitrogens is 1. The number of ether oxygens (including phenoxy) is 2. The predicted molar refractivity (Wildman–Crippen MR) is 126 cm³/mol. The first-order valence-corrected chi connectivity index (χ1v) is 12.2. The van der Waals surface area contributed by atoms with Gasteiger partial charge in [-0.05, 0) is 73.1 Å². The lowest BCUT2D eigenvalue weighted by Gasteiger charge is -2.44. The number of rotatable bonds is 6. The Labute approximate surface area is 202 Å². The van der Waals surface area contributed by atoms with Gasteiger partial charge in [0, 0.05) is 38.5 Å². The molecule has 1 amide bonds. The van der Waals surface area contributed by atoms with Gasteiger partial charge >= 0.3 is 0 Å². The minimum atomic E-state index is -0.670. The Balaban J connectivity index is 0.00000267. The largest absolute Gasteiger partial charge is 0.376 e. The van der Waals surface area contributed by atoms with Crippen molar-refractivity contribution in [3.8, 4) is 11.3 Å². The first-order chi connectivity index (χ1) is 17.0. The standard InChI is InChI=1S/C27H27F3N2O3.H2/c28-18-5-3-15(4-6-18)25-24(22-10-19(29)11-23(30)26(22)31-25)16-8-17(9-16)27(33)32-12-21(13-32)35-14-20-2-1-7-34-20;/h3-6,10-11,16-17,20-21,31H,1-2,7-9,12-14H2;1H. The quantitative estimate of drug-likeness (QED) is 0.508. The Hall–Kier alpha value is -2.84. The van der Waals surface area contributed by atoms with Crippen LogP contribution in [0.1, 0.15) is 38.6 Å². The molecule has 0 bridgehead atoms. The highest BCUT2D eigenvalue weighted by molar-refractivity contribution is 5.92. The van der Waals surface area contributed by atoms with E-state index in [4.69, 9.17) is 9.47 Å². The topological polar surface area (TPSA) is 54.6 Å². The van der Waals surface area contributed by atoms with Crippen molar-refractivity contribution in [3.05, 3.63) is 59.4 Å². The van der Waals surface area contributed by atoms with E-state index in [9.17, 15) is 18.0 Å². The summed E-state index contributed by atoms with van der Waals surface area (Å²) in [7, 11) is 0. The van der Waals surface area contributed by atoms with Gasteiger partial charge in [0.05, 0.1) is 30.0 Å². The van der Waals surface area contributed by atoms with Crippen LogP contribution in [0.4, 0.5) is 13.2 Å². The lowest BCUT2D eigenvalue weighted by molar-refractivity contribution is -0.154. The molecule has 5 nitrogen and oxygen atoms in total. The van der Waals surface area contributed by atoms with Crippen LogP contribution in [-0.2, 0) is 14.3 Å². The molecule has 3 fully saturated rings. The summed E-state index contributed by atoms with van der Waals surface area (Å²) in [4.78, 5) is 17.9. The molecule has 1 aromatic heterocycles. The minimum Gasteiger partial charge on any atom is -0.376 e. The molecule has 2 aromatic carbocycles. The van der Waals surface area contributed by atoms with Gasteiger partial charge < -0.3 is 19.4 Å². The van der Waals surface area contributed by atoms with Gasteiger partial charge in [-0.2, -0.15) is 0 Å². The Kier molecular flexibility index (Phi) is 5.81. The molecule has 1 aliphatic carbocycles. The third kappa shape index (κ3) is 4.23. The predicted octanol–water partition coefficient (Wildman–Crippen LogP) is 5.40. The lowest BCUT2D eigenvalue weighted by atomic mass is 9.69. The van der Waals surface area contributed by atoms with Gasteiger partial charge in [0.1, 0.15) is 17.5 Å². The number of hydrogen-bond acceptors (Lipinski definition) is 3. The summed E-state index contributed by atoms with van der Waals surface area (Å²) < 4.78 is 53.6. The Morgan fingerprint density at radius 2 is 1.89 bits per heavy atom. The smallest absolute Gasteiger partial charge is 0.225 e. The molecule has 3 heterocycles. The summed E-state index contributed by atoms with van der Waals surface area (Å²) in [5.74, 6) is -1.72. The number of likely N-dealkylation sites (tertiary alicyclic amines) is 1. The maximum atomic E-state index is 14.6. The first kappa shape index (κ1) is 22.6. The third-order valence-electron chi connectivity index (χ3n) is 7.59. The first-order valence-electron chi connectivity index (χ1n) is 12.2. The number of aromatic amines is 1. The number of hydrogen-bond donors (Lipinski definition) is 1. The van der Waals surface area contributed by atoms with Crippen LogP contribution in [0.2, 0.25) is 0 Å². The molecule has 3 aliphatic rings. The van der Waals surface area contributed by atoms with Crippen molar-refractivity contribution in [1.82, 2.24) is 9.88 Å². The monoisotopic (exact) mass is 486 g/mol. The summed E-state index contributed by atoms with van der Waals surface area (Å²) in [5.41, 5.74) is 2.35. The van der Waals surface area contributed by atoms with Crippen LogP contribution in [0.15, 0.2) is 36.4 Å². The second-order valence-corrected chi connectivity index (χ2v) is 9.93. The summed E-state index contributed by atoms with van der Waals surface area (Å²) in [5, 5.41) is 0.476. The summed E-state index contributed by atoms with van der Waals surface area (Å²) >= 11 is 0. The van der Waals surface area contributed by atoms with Crippen LogP contribution >= 0.6 is 0 Å². The highest BCUT2D eigenvalue weighted by Gasteiger charge is 2.43. The summed E-state index contributed by atoms with van der Waals surface area (Å²) in [6, 6.07) is 8.11. The molecule has 1 atom stereocenters. The van der Waals surface area contributed by atoms with Crippen molar-refractivity contribution < 1.29 is 28.9 Å². The van der Waals surface area contributed by atoms with Gasteiger partial charge in [-0.25, -0.2) is 13.2 Å². The number of nitrogens with zero attached hydrogens (tertiary/aromatic N) is 1. The number of nitrogens with one attached hydrogen (secondary N) is 1. The fourth-order valence-corrected chi connectivity index (χ4v) is 5.56. The molecule has 0 spiro atoms. The van der Waals surface area contributed by atoms with Gasteiger partial charge in [0.2, 0.25) is 5.91 Å². The molecule has 1 saturated carbocycles. The van der Waals surface area contributed by atoms with Crippen molar-refractivity contribution in [1.29, 1.82) is 0 Å². The van der Waals surface area contributed by atoms with Crippen molar-refractivity contribution in [3.63, 3.8) is 0 Å². The second kappa shape index (κ2) is 8.99. The maximum absolute atomic E-state index is 14.6. The van der Waals surface area contributed by atoms with Crippen LogP contribution < -0.4 is 0 Å². The molecule has 35 heavy (non-hydrogen) atoms. The molecular weight excluding hydrogens is 457 g/mol. The van der Waals surface area contributed by atoms with E-state index in [1.54, 1.807) is 12.1 Å². The average Bonchev–Trinajstić information content (AvgIpc) is 3.41. The minimum absolute atomic E-state index is 0. The fourth-order valence-electron chi connectivity index (χ4n) is 5.56.